The van der Waals surface area contributed by atoms with Crippen molar-refractivity contribution in [2.24, 2.45) is 7.05 Å². The Hall–Kier alpha value is -0.870. The Morgan fingerprint density at radius 3 is 2.48 bits per heavy atom. The van der Waals surface area contributed by atoms with Gasteiger partial charge >= 0.3 is 0 Å². The monoisotopic (exact) mass is 290 g/mol. The molecule has 0 radical (unpaired) electrons. The van der Waals surface area contributed by atoms with E-state index in [1.165, 1.54) is 70.2 Å². The van der Waals surface area contributed by atoms with Crippen molar-refractivity contribution in [3.05, 3.63) is 18.0 Å². The topological polar surface area (TPSA) is 33.1 Å². The van der Waals surface area contributed by atoms with Gasteiger partial charge in [0.1, 0.15) is 0 Å². The van der Waals surface area contributed by atoms with Crippen molar-refractivity contribution >= 4 is 0 Å². The standard InChI is InChI=1S/C17H30N4/c1-20-16(8-11-19-20)14-18-15-17(9-4-2-5-10-17)21-12-6-3-7-13-21/h8,11,18H,2-7,9-10,12-15H2,1H3. The van der Waals surface area contributed by atoms with Crippen molar-refractivity contribution < 1.29 is 0 Å². The lowest BCUT2D eigenvalue weighted by molar-refractivity contribution is 0.0332. The quantitative estimate of drug-likeness (QED) is 0.905. The summed E-state index contributed by atoms with van der Waals surface area (Å²) in [6.45, 7) is 4.70. The zero-order chi connectivity index (χ0) is 14.5. The molecule has 0 atom stereocenters. The lowest BCUT2D eigenvalue weighted by atomic mass is 9.79. The molecule has 1 aromatic rings. The number of likely N-dealkylation sites (tertiary alicyclic amines) is 1. The molecule has 4 nitrogen and oxygen atoms in total. The van der Waals surface area contributed by atoms with E-state index >= 15 is 0 Å². The van der Waals surface area contributed by atoms with E-state index in [1.807, 2.05) is 17.9 Å². The van der Waals surface area contributed by atoms with Crippen LogP contribution in [0, 0.1) is 0 Å². The number of rotatable bonds is 5. The van der Waals surface area contributed by atoms with E-state index in [1.54, 1.807) is 0 Å². The van der Waals surface area contributed by atoms with Gasteiger partial charge < -0.3 is 5.32 Å². The molecule has 0 spiro atoms. The molecular weight excluding hydrogens is 260 g/mol. The van der Waals surface area contributed by atoms with Gasteiger partial charge in [-0.05, 0) is 44.8 Å². The van der Waals surface area contributed by atoms with Crippen LogP contribution in [0.1, 0.15) is 57.1 Å². The average Bonchev–Trinajstić information content (AvgIpc) is 2.95. The highest BCUT2D eigenvalue weighted by Crippen LogP contribution is 2.35. The summed E-state index contributed by atoms with van der Waals surface area (Å²) in [6.07, 6.45) is 13.1. The zero-order valence-corrected chi connectivity index (χ0v) is 13.5. The first kappa shape index (κ1) is 15.0. The van der Waals surface area contributed by atoms with E-state index < -0.39 is 0 Å². The second-order valence-electron chi connectivity index (χ2n) is 6.88. The van der Waals surface area contributed by atoms with Gasteiger partial charge in [0.2, 0.25) is 0 Å². The van der Waals surface area contributed by atoms with Crippen molar-refractivity contribution in [3.8, 4) is 0 Å². The fourth-order valence-electron chi connectivity index (χ4n) is 4.18. The van der Waals surface area contributed by atoms with Crippen LogP contribution in [0.3, 0.4) is 0 Å². The molecule has 2 heterocycles. The van der Waals surface area contributed by atoms with Crippen LogP contribution >= 0.6 is 0 Å². The van der Waals surface area contributed by atoms with E-state index in [0.29, 0.717) is 5.54 Å². The molecule has 1 saturated carbocycles. The normalized spacial score (nSPS) is 23.3. The molecule has 1 aliphatic carbocycles. The maximum absolute atomic E-state index is 4.26. The molecule has 21 heavy (non-hydrogen) atoms. The highest BCUT2D eigenvalue weighted by atomic mass is 15.3. The smallest absolute Gasteiger partial charge is 0.0518 e. The summed E-state index contributed by atoms with van der Waals surface area (Å²) in [4.78, 5) is 2.81. The van der Waals surface area contributed by atoms with Crippen molar-refractivity contribution in [2.45, 2.75) is 63.5 Å². The molecule has 1 aromatic heterocycles. The van der Waals surface area contributed by atoms with Gasteiger partial charge in [-0.3, -0.25) is 9.58 Å². The largest absolute Gasteiger partial charge is 0.309 e. The summed E-state index contributed by atoms with van der Waals surface area (Å²) in [5.41, 5.74) is 1.71. The first-order valence-corrected chi connectivity index (χ1v) is 8.73. The van der Waals surface area contributed by atoms with Crippen molar-refractivity contribution in [1.29, 1.82) is 0 Å². The predicted molar refractivity (Wildman–Crippen MR) is 86.2 cm³/mol. The van der Waals surface area contributed by atoms with Gasteiger partial charge in [0.25, 0.3) is 0 Å². The molecular formula is C17H30N4. The molecule has 0 amide bonds. The molecule has 0 bridgehead atoms. The van der Waals surface area contributed by atoms with Crippen LogP contribution in [0.25, 0.3) is 0 Å². The van der Waals surface area contributed by atoms with E-state index in [9.17, 15) is 0 Å². The molecule has 0 unspecified atom stereocenters. The third kappa shape index (κ3) is 3.49. The number of aryl methyl sites for hydroxylation is 1. The first-order valence-electron chi connectivity index (χ1n) is 8.73. The number of hydrogen-bond acceptors (Lipinski definition) is 3. The number of aromatic nitrogens is 2. The minimum atomic E-state index is 0.428. The van der Waals surface area contributed by atoms with Crippen molar-refractivity contribution in [1.82, 2.24) is 20.0 Å². The second-order valence-corrected chi connectivity index (χ2v) is 6.88. The van der Waals surface area contributed by atoms with Crippen molar-refractivity contribution in [3.63, 3.8) is 0 Å². The zero-order valence-electron chi connectivity index (χ0n) is 13.5. The van der Waals surface area contributed by atoms with E-state index in [2.05, 4.69) is 21.4 Å². The molecule has 3 rings (SSSR count). The SMILES string of the molecule is Cn1nccc1CNCC1(N2CCCCC2)CCCCC1. The van der Waals surface area contributed by atoms with Gasteiger partial charge in [0.15, 0.2) is 0 Å². The predicted octanol–water partition coefficient (Wildman–Crippen LogP) is 2.70. The van der Waals surface area contributed by atoms with Crippen LogP contribution in [0.15, 0.2) is 12.3 Å². The maximum Gasteiger partial charge on any atom is 0.0518 e. The number of piperidine rings is 1. The van der Waals surface area contributed by atoms with E-state index in [0.717, 1.165) is 13.1 Å². The third-order valence-electron chi connectivity index (χ3n) is 5.49. The minimum absolute atomic E-state index is 0.428. The molecule has 4 heteroatoms. The molecule has 118 valence electrons. The van der Waals surface area contributed by atoms with Gasteiger partial charge in [-0.2, -0.15) is 5.10 Å². The fraction of sp³-hybridized carbons (Fsp3) is 0.824. The van der Waals surface area contributed by atoms with Gasteiger partial charge in [-0.1, -0.05) is 25.7 Å². The first-order chi connectivity index (χ1) is 10.3. The molecule has 1 N–H and O–H groups in total. The maximum atomic E-state index is 4.26. The summed E-state index contributed by atoms with van der Waals surface area (Å²) in [6, 6.07) is 2.11. The van der Waals surface area contributed by atoms with Crippen LogP contribution < -0.4 is 5.32 Å². The Morgan fingerprint density at radius 2 is 1.81 bits per heavy atom. The Balaban J connectivity index is 1.60. The Bertz CT molecular complexity index is 428. The Kier molecular flexibility index (Phi) is 4.96. The lowest BCUT2D eigenvalue weighted by Gasteiger charge is -2.48. The summed E-state index contributed by atoms with van der Waals surface area (Å²) in [5, 5.41) is 7.99. The number of hydrogen-bond donors (Lipinski definition) is 1. The second kappa shape index (κ2) is 6.93. The van der Waals surface area contributed by atoms with E-state index in [-0.39, 0.29) is 0 Å². The van der Waals surface area contributed by atoms with Crippen LogP contribution in [0.2, 0.25) is 0 Å². The number of nitrogens with zero attached hydrogens (tertiary/aromatic N) is 3. The van der Waals surface area contributed by atoms with Crippen LogP contribution in [0.4, 0.5) is 0 Å². The molecule has 1 saturated heterocycles. The highest BCUT2D eigenvalue weighted by molar-refractivity contribution is 5.01. The summed E-state index contributed by atoms with van der Waals surface area (Å²) >= 11 is 0. The highest BCUT2D eigenvalue weighted by Gasteiger charge is 2.37. The minimum Gasteiger partial charge on any atom is -0.309 e. The van der Waals surface area contributed by atoms with Gasteiger partial charge in [0, 0.05) is 31.9 Å². The fourth-order valence-corrected chi connectivity index (χ4v) is 4.18. The van der Waals surface area contributed by atoms with Gasteiger partial charge in [-0.25, -0.2) is 0 Å². The molecule has 2 aliphatic rings. The Morgan fingerprint density at radius 1 is 1.10 bits per heavy atom. The third-order valence-corrected chi connectivity index (χ3v) is 5.49. The molecule has 0 aromatic carbocycles. The van der Waals surface area contributed by atoms with Crippen LogP contribution in [0.5, 0.6) is 0 Å². The molecule has 2 fully saturated rings. The van der Waals surface area contributed by atoms with Crippen LogP contribution in [-0.2, 0) is 13.6 Å². The lowest BCUT2D eigenvalue weighted by Crippen LogP contribution is -2.57. The van der Waals surface area contributed by atoms with Crippen molar-refractivity contribution in [2.75, 3.05) is 19.6 Å². The van der Waals surface area contributed by atoms with Crippen LogP contribution in [-0.4, -0.2) is 39.9 Å². The summed E-state index contributed by atoms with van der Waals surface area (Å²) in [5.74, 6) is 0. The summed E-state index contributed by atoms with van der Waals surface area (Å²) < 4.78 is 1.97. The summed E-state index contributed by atoms with van der Waals surface area (Å²) in [7, 11) is 2.03. The van der Waals surface area contributed by atoms with E-state index in [4.69, 9.17) is 0 Å². The van der Waals surface area contributed by atoms with Gasteiger partial charge in [-0.15, -0.1) is 0 Å². The molecule has 1 aliphatic heterocycles. The Labute approximate surface area is 128 Å². The van der Waals surface area contributed by atoms with Gasteiger partial charge in [0.05, 0.1) is 5.69 Å². The average molecular weight is 290 g/mol. The number of nitrogens with one attached hydrogen (secondary N) is 1.